The van der Waals surface area contributed by atoms with Crippen molar-refractivity contribution in [3.63, 3.8) is 0 Å². The molecule has 0 aliphatic heterocycles. The molecule has 23 heteroatoms. The fraction of sp³-hybridized carbons (Fsp3) is 0.473. The van der Waals surface area contributed by atoms with Gasteiger partial charge in [-0.3, -0.25) is 24.3 Å². The predicted molar refractivity (Wildman–Crippen MR) is 299 cm³/mol. The first kappa shape index (κ1) is 74.4. The van der Waals surface area contributed by atoms with E-state index < -0.39 is 71.4 Å². The fourth-order valence-electron chi connectivity index (χ4n) is 6.24. The quantitative estimate of drug-likeness (QED) is 0.0132. The maximum atomic E-state index is 12.3. The van der Waals surface area contributed by atoms with E-state index in [4.69, 9.17) is 65.1 Å². The predicted octanol–water partition coefficient (Wildman–Crippen LogP) is 15.8. The van der Waals surface area contributed by atoms with Gasteiger partial charge in [-0.25, -0.2) is 14.4 Å². The number of nitrogens with zero attached hydrogens (tertiary/aromatic N) is 1. The number of aromatic carboxylic acids is 3. The van der Waals surface area contributed by atoms with Crippen molar-refractivity contribution >= 4 is 77.7 Å². The zero-order valence-electron chi connectivity index (χ0n) is 45.2. The molecule has 0 saturated carbocycles. The smallest absolute Gasteiger partial charge is 0.416 e. The Hall–Kier alpha value is -5.72. The van der Waals surface area contributed by atoms with E-state index in [2.05, 4.69) is 27.7 Å². The number of nitro groups is 1. The summed E-state index contributed by atoms with van der Waals surface area (Å²) in [6.07, 6.45) is 8.20. The van der Waals surface area contributed by atoms with Crippen LogP contribution in [0.3, 0.4) is 0 Å². The van der Waals surface area contributed by atoms with Crippen LogP contribution in [0.2, 0.25) is 10.0 Å². The number of ether oxygens (including phenoxy) is 1. The summed E-state index contributed by atoms with van der Waals surface area (Å²) >= 11 is 16.4. The molecule has 0 heterocycles. The van der Waals surface area contributed by atoms with Gasteiger partial charge in [0.15, 0.2) is 0 Å². The van der Waals surface area contributed by atoms with Crippen LogP contribution in [0.25, 0.3) is 0 Å². The topological polar surface area (TPSA) is 276 Å². The molecule has 6 N–H and O–H groups in total. The molecule has 0 aliphatic rings. The van der Waals surface area contributed by atoms with Gasteiger partial charge in [-0.2, -0.15) is 13.2 Å². The van der Waals surface area contributed by atoms with E-state index in [0.717, 1.165) is 43.7 Å². The summed E-state index contributed by atoms with van der Waals surface area (Å²) in [5, 5.41) is 53.7. The highest BCUT2D eigenvalue weighted by atomic mass is 35.5. The van der Waals surface area contributed by atoms with Crippen LogP contribution in [0.1, 0.15) is 159 Å². The minimum Gasteiger partial charge on any atom is -0.496 e. The molecule has 4 aromatic carbocycles. The number of hydrogen-bond donors (Lipinski definition) is 6. The Bertz CT molecular complexity index is 2530. The number of halogens is 6. The number of rotatable bonds is 23. The third-order valence-electron chi connectivity index (χ3n) is 10.7. The Labute approximate surface area is 469 Å². The third kappa shape index (κ3) is 33.5. The summed E-state index contributed by atoms with van der Waals surface area (Å²) < 4.78 is 53.7. The molecule has 0 aromatic heterocycles. The van der Waals surface area contributed by atoms with Crippen LogP contribution in [-0.4, -0.2) is 90.5 Å². The number of carboxylic acids is 5. The molecule has 0 radical (unpaired) electrons. The lowest BCUT2D eigenvalue weighted by molar-refractivity contribution is -0.385. The Morgan fingerprint density at radius 2 is 1.22 bits per heavy atom. The van der Waals surface area contributed by atoms with Gasteiger partial charge in [0.2, 0.25) is 7.37 Å². The standard InChI is InChI=1S/C14H31O2P.C11H14O2.C9H6F3NO4.C9H10O3.C7H4Cl2O2.C5H9ClO2/c1-3-5-7-9-11-13-17(15,16)14-12-10-8-6-4-2;1-8(2)7-9-3-5-10(6-4-9)11(12)13;10-9(11,12)6-2-1-5(3-8(14)15)7(4-6)13(16)17;1-6-5-7(9(10)11)3-4-8(6)12-2;8-4-1-2-6(9)5(3-4)7(10)11;1-5(2,3-6)4(7)8/h3-14H2,1-2H3,(H,15,16);3-6,8H,7H2,1-2H3,(H,12,13);1-2,4H,3H2,(H,14,15);3-5H,1-2H3,(H,10,11);1-3H,(H,10,11);3H2,1-2H3,(H,7,8). The highest BCUT2D eigenvalue weighted by Crippen LogP contribution is 2.42. The van der Waals surface area contributed by atoms with E-state index in [9.17, 15) is 56.7 Å². The van der Waals surface area contributed by atoms with Crippen molar-refractivity contribution in [2.45, 2.75) is 132 Å². The van der Waals surface area contributed by atoms with Crippen molar-refractivity contribution < 1.29 is 81.8 Å². The number of methoxy groups -OCH3 is 1. The molecule has 4 rings (SSSR count). The lowest BCUT2D eigenvalue weighted by atomic mass is 9.97. The average molecular weight is 1180 g/mol. The normalized spacial score (nSPS) is 10.8. The summed E-state index contributed by atoms with van der Waals surface area (Å²) in [4.78, 5) is 71.3. The molecular formula is C55H74Cl3F3NO15P. The molecule has 0 atom stereocenters. The van der Waals surface area contributed by atoms with Crippen LogP contribution in [0.5, 0.6) is 5.75 Å². The molecule has 78 heavy (non-hydrogen) atoms. The number of alkyl halides is 4. The first-order valence-corrected chi connectivity index (χ1v) is 28.1. The highest BCUT2D eigenvalue weighted by Gasteiger charge is 2.33. The number of hydrogen-bond acceptors (Lipinski definition) is 9. The van der Waals surface area contributed by atoms with Gasteiger partial charge in [0.1, 0.15) is 5.75 Å². The van der Waals surface area contributed by atoms with Gasteiger partial charge in [0.25, 0.3) is 5.69 Å². The van der Waals surface area contributed by atoms with Crippen LogP contribution < -0.4 is 4.74 Å². The number of aryl methyl sites for hydroxylation is 1. The van der Waals surface area contributed by atoms with Gasteiger partial charge >= 0.3 is 36.0 Å². The Morgan fingerprint density at radius 3 is 1.58 bits per heavy atom. The summed E-state index contributed by atoms with van der Waals surface area (Å²) in [6, 6.07) is 17.9. The Kier molecular flexibility index (Phi) is 37.0. The maximum Gasteiger partial charge on any atom is 0.416 e. The minimum atomic E-state index is -4.70. The molecule has 0 amide bonds. The summed E-state index contributed by atoms with van der Waals surface area (Å²) in [6.45, 7) is 13.6. The largest absolute Gasteiger partial charge is 0.496 e. The van der Waals surface area contributed by atoms with E-state index >= 15 is 0 Å². The van der Waals surface area contributed by atoms with Crippen LogP contribution in [0.15, 0.2) is 78.9 Å². The second kappa shape index (κ2) is 38.8. The fourth-order valence-corrected chi connectivity index (χ4v) is 8.39. The van der Waals surface area contributed by atoms with Crippen LogP contribution >= 0.6 is 42.2 Å². The van der Waals surface area contributed by atoms with Gasteiger partial charge in [-0.05, 0) is 112 Å². The van der Waals surface area contributed by atoms with Gasteiger partial charge in [0, 0.05) is 34.9 Å². The van der Waals surface area contributed by atoms with Crippen LogP contribution in [-0.2, 0) is 33.2 Å². The van der Waals surface area contributed by atoms with Crippen molar-refractivity contribution in [1.29, 1.82) is 0 Å². The van der Waals surface area contributed by atoms with Crippen molar-refractivity contribution in [2.24, 2.45) is 11.3 Å². The molecule has 16 nitrogen and oxygen atoms in total. The number of nitro benzene ring substituents is 1. The molecule has 0 bridgehead atoms. The van der Waals surface area contributed by atoms with Gasteiger partial charge in [-0.1, -0.05) is 120 Å². The lowest BCUT2D eigenvalue weighted by Gasteiger charge is -2.13. The van der Waals surface area contributed by atoms with E-state index in [1.165, 1.54) is 68.4 Å². The lowest BCUT2D eigenvalue weighted by Crippen LogP contribution is -2.24. The monoisotopic (exact) mass is 1180 g/mol. The zero-order valence-corrected chi connectivity index (χ0v) is 48.4. The van der Waals surface area contributed by atoms with E-state index in [1.807, 2.05) is 19.1 Å². The number of benzene rings is 4. The van der Waals surface area contributed by atoms with Crippen molar-refractivity contribution in [2.75, 3.05) is 25.3 Å². The molecule has 0 unspecified atom stereocenters. The SMILES string of the molecule is CC(C)(CCl)C(=O)O.CC(C)Cc1ccc(C(=O)O)cc1.CCCCCCCP(=O)(O)CCCCCCC.COc1ccc(C(=O)O)cc1C.O=C(O)Cc1ccc(C(F)(F)F)cc1[N+](=O)[O-].O=C(O)c1cc(Cl)ccc1Cl. The highest BCUT2D eigenvalue weighted by molar-refractivity contribution is 7.57. The molecule has 0 saturated heterocycles. The first-order valence-electron chi connectivity index (χ1n) is 24.7. The van der Waals surface area contributed by atoms with Crippen molar-refractivity contribution in [3.8, 4) is 5.75 Å². The van der Waals surface area contributed by atoms with Crippen LogP contribution in [0, 0.1) is 28.4 Å². The minimum absolute atomic E-state index is 0.0270. The average Bonchev–Trinajstić information content (AvgIpc) is 3.35. The summed E-state index contributed by atoms with van der Waals surface area (Å²) in [5.41, 5.74) is -0.380. The van der Waals surface area contributed by atoms with E-state index in [0.29, 0.717) is 46.7 Å². The molecular weight excluding hydrogens is 1110 g/mol. The number of aliphatic carboxylic acids is 2. The summed E-state index contributed by atoms with van der Waals surface area (Å²) in [7, 11) is -1.23. The molecule has 0 fully saturated rings. The second-order valence-electron chi connectivity index (χ2n) is 18.6. The van der Waals surface area contributed by atoms with E-state index in [1.54, 1.807) is 45.2 Å². The number of unbranched alkanes of at least 4 members (excludes halogenated alkanes) is 8. The molecule has 436 valence electrons. The molecule has 0 aliphatic carbocycles. The van der Waals surface area contributed by atoms with Crippen LogP contribution in [0.4, 0.5) is 18.9 Å². The van der Waals surface area contributed by atoms with E-state index in [-0.39, 0.29) is 27.6 Å². The summed E-state index contributed by atoms with van der Waals surface area (Å²) in [5.74, 6) is -3.59. The number of carbonyl (C=O) groups is 5. The van der Waals surface area contributed by atoms with Gasteiger partial charge in [-0.15, -0.1) is 11.6 Å². The van der Waals surface area contributed by atoms with Crippen molar-refractivity contribution in [3.05, 3.63) is 138 Å². The molecule has 0 spiro atoms. The van der Waals surface area contributed by atoms with Gasteiger partial charge in [0.05, 0.1) is 51.1 Å². The second-order valence-corrected chi connectivity index (χ2v) is 22.3. The Balaban J connectivity index is 0. The van der Waals surface area contributed by atoms with Gasteiger partial charge < -0.3 is 35.2 Å². The first-order chi connectivity index (χ1) is 36.2. The third-order valence-corrected chi connectivity index (χ3v) is 14.0. The molecule has 4 aromatic rings. The Morgan fingerprint density at radius 1 is 0.718 bits per heavy atom. The maximum absolute atomic E-state index is 12.3. The number of carboxylic acid groups (broad SMARTS) is 5. The zero-order chi connectivity index (χ0) is 60.4. The van der Waals surface area contributed by atoms with Crippen molar-refractivity contribution in [1.82, 2.24) is 0 Å².